The molecule has 0 aliphatic rings. The van der Waals surface area contributed by atoms with E-state index in [9.17, 15) is 0 Å². The van der Waals surface area contributed by atoms with Crippen molar-refractivity contribution in [3.63, 3.8) is 0 Å². The van der Waals surface area contributed by atoms with Crippen LogP contribution in [0.2, 0.25) is 0 Å². The zero-order valence-electron chi connectivity index (χ0n) is 6.67. The van der Waals surface area contributed by atoms with Crippen LogP contribution in [-0.4, -0.2) is 4.57 Å². The number of fused-ring (bicyclic) bond motifs is 1. The smallest absolute Gasteiger partial charge is 0.467 e. The van der Waals surface area contributed by atoms with Gasteiger partial charge in [-0.2, -0.15) is 9.13 Å². The normalized spacial score (nSPS) is 10.7. The summed E-state index contributed by atoms with van der Waals surface area (Å²) in [5.41, 5.74) is 0.999. The minimum atomic E-state index is 0. The summed E-state index contributed by atoms with van der Waals surface area (Å²) < 4.78 is 9.44. The van der Waals surface area contributed by atoms with Crippen molar-refractivity contribution in [3.05, 3.63) is 6.20 Å². The highest BCUT2D eigenvalue weighted by atomic mass is 35.5. The number of hydrogen-bond acceptors (Lipinski definition) is 1. The zero-order valence-corrected chi connectivity index (χ0v) is 7.43. The van der Waals surface area contributed by atoms with Crippen molar-refractivity contribution in [3.8, 4) is 0 Å². The second-order valence-corrected chi connectivity index (χ2v) is 2.61. The highest BCUT2D eigenvalue weighted by Gasteiger charge is 2.24. The van der Waals surface area contributed by atoms with E-state index in [0.717, 1.165) is 24.5 Å². The van der Waals surface area contributed by atoms with Crippen molar-refractivity contribution in [2.45, 2.75) is 19.9 Å². The molecule has 0 N–H and O–H groups in total. The summed E-state index contributed by atoms with van der Waals surface area (Å²) in [5.74, 6) is 0.983. The summed E-state index contributed by atoms with van der Waals surface area (Å²) in [6.45, 7) is 3.24. The minimum absolute atomic E-state index is 0. The van der Waals surface area contributed by atoms with Gasteiger partial charge in [0.15, 0.2) is 6.20 Å². The molecule has 0 amide bonds. The molecule has 0 fully saturated rings. The van der Waals surface area contributed by atoms with Crippen molar-refractivity contribution >= 4 is 11.6 Å². The third kappa shape index (κ3) is 0.997. The number of rotatable bonds is 2. The Labute approximate surface area is 71.3 Å². The molecule has 0 aromatic carbocycles. The summed E-state index contributed by atoms with van der Waals surface area (Å²) >= 11 is 0. The Morgan fingerprint density at radius 1 is 1.64 bits per heavy atom. The SMILES string of the molecule is CCCn1c2c[n+](C)c1o2.[Cl-]. The van der Waals surface area contributed by atoms with E-state index in [1.807, 2.05) is 17.8 Å². The van der Waals surface area contributed by atoms with Crippen LogP contribution in [0.25, 0.3) is 11.6 Å². The number of nitrogens with zero attached hydrogens (tertiary/aromatic N) is 2. The van der Waals surface area contributed by atoms with Crippen molar-refractivity contribution < 1.29 is 21.4 Å². The summed E-state index contributed by atoms with van der Waals surface area (Å²) in [5, 5.41) is 0. The van der Waals surface area contributed by atoms with Gasteiger partial charge in [0, 0.05) is 0 Å². The number of imidazole rings is 1. The molecule has 0 unspecified atom stereocenters. The fourth-order valence-electron chi connectivity index (χ4n) is 1.27. The molecule has 62 valence electrons. The molecule has 3 aromatic rings. The fraction of sp³-hybridized carbons (Fsp3) is 0.571. The Bertz CT molecular complexity index is 325. The molecule has 0 radical (unpaired) electrons. The maximum absolute atomic E-state index is 5.26. The predicted octanol–water partition coefficient (Wildman–Crippen LogP) is -2.09. The lowest BCUT2D eigenvalue weighted by Crippen LogP contribution is -3.00. The van der Waals surface area contributed by atoms with Gasteiger partial charge in [0.25, 0.3) is 0 Å². The highest BCUT2D eigenvalue weighted by Crippen LogP contribution is 2.15. The number of aromatic nitrogens is 2. The maximum atomic E-state index is 5.26. The third-order valence-electron chi connectivity index (χ3n) is 1.75. The second-order valence-electron chi connectivity index (χ2n) is 2.61. The molecule has 0 aliphatic carbocycles. The molecule has 0 saturated carbocycles. The average Bonchev–Trinajstić information content (AvgIpc) is 2.37. The van der Waals surface area contributed by atoms with Crippen LogP contribution in [0.5, 0.6) is 0 Å². The summed E-state index contributed by atoms with van der Waals surface area (Å²) in [6, 6.07) is 0. The van der Waals surface area contributed by atoms with E-state index in [4.69, 9.17) is 4.42 Å². The number of halogens is 1. The molecule has 3 nitrogen and oxygen atoms in total. The van der Waals surface area contributed by atoms with Gasteiger partial charge in [-0.3, -0.25) is 0 Å². The van der Waals surface area contributed by atoms with E-state index in [0.29, 0.717) is 0 Å². The average molecular weight is 175 g/mol. The van der Waals surface area contributed by atoms with Crippen molar-refractivity contribution in [2.75, 3.05) is 0 Å². The topological polar surface area (TPSA) is 21.9 Å². The highest BCUT2D eigenvalue weighted by molar-refractivity contribution is 5.43. The molecular formula is C7H11ClN2O. The van der Waals surface area contributed by atoms with E-state index in [1.54, 1.807) is 0 Å². The van der Waals surface area contributed by atoms with Gasteiger partial charge in [-0.05, 0) is 6.42 Å². The quantitative estimate of drug-likeness (QED) is 0.479. The molecule has 0 spiro atoms. The van der Waals surface area contributed by atoms with E-state index in [1.165, 1.54) is 0 Å². The molecule has 0 atom stereocenters. The van der Waals surface area contributed by atoms with Gasteiger partial charge < -0.3 is 16.8 Å². The Morgan fingerprint density at radius 2 is 2.36 bits per heavy atom. The van der Waals surface area contributed by atoms with Gasteiger partial charge in [0.05, 0.1) is 13.6 Å². The zero-order chi connectivity index (χ0) is 7.14. The van der Waals surface area contributed by atoms with Crippen LogP contribution in [0.3, 0.4) is 0 Å². The van der Waals surface area contributed by atoms with Crippen LogP contribution in [-0.2, 0) is 13.6 Å². The first-order valence-electron chi connectivity index (χ1n) is 3.60. The molecule has 2 bridgehead atoms. The maximum Gasteiger partial charge on any atom is 0.467 e. The Hall–Kier alpha value is -0.700. The molecule has 3 aromatic heterocycles. The van der Waals surface area contributed by atoms with Crippen LogP contribution >= 0.6 is 0 Å². The molecular weight excluding hydrogens is 164 g/mol. The molecule has 0 saturated heterocycles. The van der Waals surface area contributed by atoms with Crippen LogP contribution in [0, 0.1) is 0 Å². The Kier molecular flexibility index (Phi) is 2.09. The summed E-state index contributed by atoms with van der Waals surface area (Å²) in [7, 11) is 2.00. The number of aryl methyl sites for hydroxylation is 2. The molecule has 11 heavy (non-hydrogen) atoms. The first kappa shape index (κ1) is 8.40. The van der Waals surface area contributed by atoms with E-state index in [-0.39, 0.29) is 12.4 Å². The molecule has 0 aliphatic heterocycles. The van der Waals surface area contributed by atoms with Gasteiger partial charge in [-0.25, -0.2) is 0 Å². The van der Waals surface area contributed by atoms with E-state index < -0.39 is 0 Å². The van der Waals surface area contributed by atoms with E-state index in [2.05, 4.69) is 11.5 Å². The van der Waals surface area contributed by atoms with Crippen LogP contribution in [0.4, 0.5) is 0 Å². The number of oxazole rings is 1. The summed E-state index contributed by atoms with van der Waals surface area (Å²) in [4.78, 5) is 0. The van der Waals surface area contributed by atoms with E-state index >= 15 is 0 Å². The van der Waals surface area contributed by atoms with Gasteiger partial charge in [0.2, 0.25) is 0 Å². The van der Waals surface area contributed by atoms with Crippen molar-refractivity contribution in [1.82, 2.24) is 4.57 Å². The van der Waals surface area contributed by atoms with Gasteiger partial charge in [-0.15, -0.1) is 0 Å². The van der Waals surface area contributed by atoms with Crippen molar-refractivity contribution in [2.24, 2.45) is 7.05 Å². The largest absolute Gasteiger partial charge is 1.00 e. The molecule has 4 heteroatoms. The fourth-order valence-corrected chi connectivity index (χ4v) is 1.27. The van der Waals surface area contributed by atoms with Gasteiger partial charge >= 0.3 is 11.6 Å². The monoisotopic (exact) mass is 174 g/mol. The Balaban J connectivity index is 0.000000605. The van der Waals surface area contributed by atoms with Crippen LogP contribution in [0.15, 0.2) is 10.6 Å². The lowest BCUT2D eigenvalue weighted by Gasteiger charge is -1.96. The van der Waals surface area contributed by atoms with Gasteiger partial charge in [0.1, 0.15) is 0 Å². The lowest BCUT2D eigenvalue weighted by atomic mass is 10.5. The third-order valence-corrected chi connectivity index (χ3v) is 1.75. The van der Waals surface area contributed by atoms with Crippen LogP contribution in [0.1, 0.15) is 13.3 Å². The van der Waals surface area contributed by atoms with Crippen LogP contribution < -0.4 is 17.0 Å². The Morgan fingerprint density at radius 3 is 2.73 bits per heavy atom. The lowest BCUT2D eigenvalue weighted by molar-refractivity contribution is -0.647. The summed E-state index contributed by atoms with van der Waals surface area (Å²) in [6.07, 6.45) is 3.17. The van der Waals surface area contributed by atoms with Gasteiger partial charge in [-0.1, -0.05) is 6.92 Å². The number of hydrogen-bond donors (Lipinski definition) is 0. The minimum Gasteiger partial charge on any atom is -1.00 e. The predicted molar refractivity (Wildman–Crippen MR) is 36.9 cm³/mol. The molecule has 3 heterocycles. The van der Waals surface area contributed by atoms with Crippen molar-refractivity contribution in [1.29, 1.82) is 0 Å². The first-order valence-corrected chi connectivity index (χ1v) is 3.60. The molecule has 3 rings (SSSR count). The first-order chi connectivity index (χ1) is 4.83. The second kappa shape index (κ2) is 2.74. The standard InChI is InChI=1S/C7H11N2O.ClH/c1-3-4-9-6-5-8(2)7(9)10-6;/h5H,3-4H2,1-2H3;1H/q+1;/p-1.